The molecule has 90 valence electrons. The number of anilines is 1. The van der Waals surface area contributed by atoms with E-state index < -0.39 is 5.60 Å². The van der Waals surface area contributed by atoms with Crippen molar-refractivity contribution in [2.45, 2.75) is 39.7 Å². The normalized spacial score (nSPS) is 14.9. The van der Waals surface area contributed by atoms with E-state index in [4.69, 9.17) is 0 Å². The highest BCUT2D eigenvalue weighted by molar-refractivity contribution is 5.38. The smallest absolute Gasteiger partial charge is 0.147 e. The van der Waals surface area contributed by atoms with Crippen LogP contribution in [0, 0.1) is 12.8 Å². The van der Waals surface area contributed by atoms with Crippen LogP contribution in [0.3, 0.4) is 0 Å². The molecule has 16 heavy (non-hydrogen) atoms. The average molecular weight is 223 g/mol. The van der Waals surface area contributed by atoms with E-state index in [1.165, 1.54) is 0 Å². The lowest BCUT2D eigenvalue weighted by molar-refractivity contribution is 0.0514. The number of rotatable bonds is 5. The molecule has 4 nitrogen and oxygen atoms in total. The van der Waals surface area contributed by atoms with Gasteiger partial charge in [-0.25, -0.2) is 4.98 Å². The third-order valence-corrected chi connectivity index (χ3v) is 2.37. The molecule has 0 fully saturated rings. The van der Waals surface area contributed by atoms with Crippen LogP contribution < -0.4 is 5.32 Å². The lowest BCUT2D eigenvalue weighted by atomic mass is 9.94. The van der Waals surface area contributed by atoms with Gasteiger partial charge in [-0.2, -0.15) is 0 Å². The maximum absolute atomic E-state index is 10.1. The van der Waals surface area contributed by atoms with Gasteiger partial charge in [0, 0.05) is 18.9 Å². The Morgan fingerprint density at radius 1 is 1.38 bits per heavy atom. The van der Waals surface area contributed by atoms with Crippen molar-refractivity contribution in [2.75, 3.05) is 11.9 Å². The minimum Gasteiger partial charge on any atom is -0.388 e. The average Bonchev–Trinajstić information content (AvgIpc) is 2.14. The predicted molar refractivity (Wildman–Crippen MR) is 65.3 cm³/mol. The van der Waals surface area contributed by atoms with E-state index in [2.05, 4.69) is 29.1 Å². The molecular weight excluding hydrogens is 202 g/mol. The second kappa shape index (κ2) is 5.25. The van der Waals surface area contributed by atoms with Gasteiger partial charge in [0.25, 0.3) is 0 Å². The van der Waals surface area contributed by atoms with Gasteiger partial charge in [0.1, 0.15) is 5.82 Å². The zero-order valence-corrected chi connectivity index (χ0v) is 10.5. The van der Waals surface area contributed by atoms with E-state index in [1.54, 1.807) is 12.4 Å². The van der Waals surface area contributed by atoms with Crippen molar-refractivity contribution >= 4 is 5.82 Å². The first-order chi connectivity index (χ1) is 7.41. The Kier molecular flexibility index (Phi) is 4.24. The fourth-order valence-corrected chi connectivity index (χ4v) is 1.81. The Labute approximate surface area is 97.1 Å². The van der Waals surface area contributed by atoms with E-state index in [1.807, 2.05) is 13.8 Å². The maximum atomic E-state index is 10.1. The maximum Gasteiger partial charge on any atom is 0.147 e. The van der Waals surface area contributed by atoms with Gasteiger partial charge in [-0.15, -0.1) is 0 Å². The van der Waals surface area contributed by atoms with E-state index in [9.17, 15) is 5.11 Å². The number of nitrogens with one attached hydrogen (secondary N) is 1. The molecule has 0 saturated carbocycles. The van der Waals surface area contributed by atoms with E-state index in [-0.39, 0.29) is 0 Å². The molecule has 0 radical (unpaired) electrons. The standard InChI is InChI=1S/C12H21N3O/c1-9(2)7-12(4,16)8-15-11-10(3)13-5-6-14-11/h5-6,9,16H,7-8H2,1-4H3,(H,14,15). The van der Waals surface area contributed by atoms with Gasteiger partial charge in [-0.05, 0) is 26.2 Å². The van der Waals surface area contributed by atoms with Crippen molar-refractivity contribution in [3.63, 3.8) is 0 Å². The van der Waals surface area contributed by atoms with Crippen molar-refractivity contribution in [2.24, 2.45) is 5.92 Å². The van der Waals surface area contributed by atoms with Crippen LogP contribution in [-0.2, 0) is 0 Å². The molecule has 0 amide bonds. The fraction of sp³-hybridized carbons (Fsp3) is 0.667. The molecule has 0 bridgehead atoms. The molecule has 0 spiro atoms. The summed E-state index contributed by atoms with van der Waals surface area (Å²) in [6, 6.07) is 0. The topological polar surface area (TPSA) is 58.0 Å². The monoisotopic (exact) mass is 223 g/mol. The number of aromatic nitrogens is 2. The molecular formula is C12H21N3O. The second-order valence-corrected chi connectivity index (χ2v) is 4.94. The highest BCUT2D eigenvalue weighted by atomic mass is 16.3. The van der Waals surface area contributed by atoms with Gasteiger partial charge >= 0.3 is 0 Å². The Hall–Kier alpha value is -1.16. The number of hydrogen-bond donors (Lipinski definition) is 2. The van der Waals surface area contributed by atoms with Crippen LogP contribution in [0.1, 0.15) is 32.9 Å². The van der Waals surface area contributed by atoms with E-state index in [0.29, 0.717) is 12.5 Å². The lowest BCUT2D eigenvalue weighted by Gasteiger charge is -2.26. The summed E-state index contributed by atoms with van der Waals surface area (Å²) >= 11 is 0. The largest absolute Gasteiger partial charge is 0.388 e. The zero-order valence-electron chi connectivity index (χ0n) is 10.5. The Morgan fingerprint density at radius 2 is 2.00 bits per heavy atom. The van der Waals surface area contributed by atoms with Crippen LogP contribution in [0.25, 0.3) is 0 Å². The highest BCUT2D eigenvalue weighted by Gasteiger charge is 2.21. The molecule has 1 heterocycles. The summed E-state index contributed by atoms with van der Waals surface area (Å²) < 4.78 is 0. The third kappa shape index (κ3) is 4.14. The second-order valence-electron chi connectivity index (χ2n) is 4.94. The summed E-state index contributed by atoms with van der Waals surface area (Å²) in [5, 5.41) is 13.3. The van der Waals surface area contributed by atoms with E-state index in [0.717, 1.165) is 17.9 Å². The molecule has 0 aromatic carbocycles. The summed E-state index contributed by atoms with van der Waals surface area (Å²) in [4.78, 5) is 8.31. The molecule has 1 unspecified atom stereocenters. The SMILES string of the molecule is Cc1nccnc1NCC(C)(O)CC(C)C. The van der Waals surface area contributed by atoms with Gasteiger partial charge in [-0.3, -0.25) is 4.98 Å². The molecule has 0 aliphatic carbocycles. The van der Waals surface area contributed by atoms with Crippen molar-refractivity contribution in [1.82, 2.24) is 9.97 Å². The first kappa shape index (κ1) is 12.9. The minimum atomic E-state index is -0.710. The highest BCUT2D eigenvalue weighted by Crippen LogP contribution is 2.17. The quantitative estimate of drug-likeness (QED) is 0.801. The van der Waals surface area contributed by atoms with Crippen molar-refractivity contribution < 1.29 is 5.11 Å². The summed E-state index contributed by atoms with van der Waals surface area (Å²) in [5.41, 5.74) is 0.140. The first-order valence-electron chi connectivity index (χ1n) is 5.64. The number of aliphatic hydroxyl groups is 1. The molecule has 1 rings (SSSR count). The summed E-state index contributed by atoms with van der Waals surface area (Å²) in [6.07, 6.45) is 4.07. The molecule has 0 saturated heterocycles. The van der Waals surface area contributed by atoms with Crippen LogP contribution in [-0.4, -0.2) is 27.2 Å². The Morgan fingerprint density at radius 3 is 2.56 bits per heavy atom. The Balaban J connectivity index is 2.54. The van der Waals surface area contributed by atoms with Gasteiger partial charge in [-0.1, -0.05) is 13.8 Å². The van der Waals surface area contributed by atoms with Crippen molar-refractivity contribution in [3.05, 3.63) is 18.1 Å². The van der Waals surface area contributed by atoms with E-state index >= 15 is 0 Å². The van der Waals surface area contributed by atoms with Gasteiger partial charge in [0.2, 0.25) is 0 Å². The summed E-state index contributed by atoms with van der Waals surface area (Å²) in [7, 11) is 0. The molecule has 0 aliphatic rings. The predicted octanol–water partition coefficient (Wildman–Crippen LogP) is 1.99. The minimum absolute atomic E-state index is 0.472. The molecule has 4 heteroatoms. The van der Waals surface area contributed by atoms with Crippen LogP contribution in [0.15, 0.2) is 12.4 Å². The Bertz CT molecular complexity index is 337. The molecule has 2 N–H and O–H groups in total. The number of nitrogens with zero attached hydrogens (tertiary/aromatic N) is 2. The number of hydrogen-bond acceptors (Lipinski definition) is 4. The third-order valence-electron chi connectivity index (χ3n) is 2.37. The lowest BCUT2D eigenvalue weighted by Crippen LogP contribution is -2.35. The van der Waals surface area contributed by atoms with Crippen LogP contribution in [0.4, 0.5) is 5.82 Å². The summed E-state index contributed by atoms with van der Waals surface area (Å²) in [6.45, 7) is 8.42. The van der Waals surface area contributed by atoms with Crippen LogP contribution in [0.2, 0.25) is 0 Å². The van der Waals surface area contributed by atoms with Crippen molar-refractivity contribution in [3.8, 4) is 0 Å². The van der Waals surface area contributed by atoms with Crippen LogP contribution in [0.5, 0.6) is 0 Å². The van der Waals surface area contributed by atoms with Gasteiger partial charge in [0.05, 0.1) is 11.3 Å². The molecule has 1 atom stereocenters. The molecule has 0 aliphatic heterocycles. The summed E-state index contributed by atoms with van der Waals surface area (Å²) in [5.74, 6) is 1.21. The molecule has 1 aromatic rings. The van der Waals surface area contributed by atoms with Crippen LogP contribution >= 0.6 is 0 Å². The zero-order chi connectivity index (χ0) is 12.2. The molecule has 1 aromatic heterocycles. The number of aryl methyl sites for hydroxylation is 1. The fourth-order valence-electron chi connectivity index (χ4n) is 1.81. The van der Waals surface area contributed by atoms with Gasteiger partial charge < -0.3 is 10.4 Å². The first-order valence-corrected chi connectivity index (χ1v) is 5.64. The van der Waals surface area contributed by atoms with Crippen molar-refractivity contribution in [1.29, 1.82) is 0 Å². The van der Waals surface area contributed by atoms with Gasteiger partial charge in [0.15, 0.2) is 0 Å².